The summed E-state index contributed by atoms with van der Waals surface area (Å²) in [7, 11) is 0. The van der Waals surface area contributed by atoms with E-state index in [2.05, 4.69) is 10.3 Å². The van der Waals surface area contributed by atoms with Gasteiger partial charge in [0.05, 0.1) is 6.04 Å². The third-order valence-corrected chi connectivity index (χ3v) is 3.55. The fraction of sp³-hybridized carbons (Fsp3) is 0.111. The van der Waals surface area contributed by atoms with Crippen molar-refractivity contribution in [1.82, 2.24) is 10.3 Å². The molecule has 0 bridgehead atoms. The topological polar surface area (TPSA) is 95.6 Å². The van der Waals surface area contributed by atoms with Crippen LogP contribution in [0.15, 0.2) is 59.2 Å². The second kappa shape index (κ2) is 6.45. The van der Waals surface area contributed by atoms with Gasteiger partial charge in [-0.1, -0.05) is 18.2 Å². The minimum absolute atomic E-state index is 0.0919. The van der Waals surface area contributed by atoms with Crippen molar-refractivity contribution in [3.8, 4) is 23.0 Å². The summed E-state index contributed by atoms with van der Waals surface area (Å²) in [6.45, 7) is 1.81. The van der Waals surface area contributed by atoms with Gasteiger partial charge in [-0.05, 0) is 42.8 Å². The molecule has 1 amide bonds. The van der Waals surface area contributed by atoms with Gasteiger partial charge in [0.1, 0.15) is 17.8 Å². The van der Waals surface area contributed by atoms with Gasteiger partial charge in [0.25, 0.3) is 5.91 Å². The van der Waals surface area contributed by atoms with Crippen molar-refractivity contribution in [3.05, 3.63) is 66.1 Å². The molecule has 0 spiro atoms. The lowest BCUT2D eigenvalue weighted by Gasteiger charge is -2.13. The van der Waals surface area contributed by atoms with Crippen molar-refractivity contribution < 1.29 is 19.4 Å². The molecule has 0 saturated carbocycles. The molecule has 6 heteroatoms. The van der Waals surface area contributed by atoms with E-state index in [1.807, 2.05) is 13.0 Å². The van der Waals surface area contributed by atoms with Gasteiger partial charge in [-0.15, -0.1) is 0 Å². The summed E-state index contributed by atoms with van der Waals surface area (Å²) in [5, 5.41) is 21.8. The zero-order chi connectivity index (χ0) is 17.1. The van der Waals surface area contributed by atoms with Crippen molar-refractivity contribution in [2.24, 2.45) is 0 Å². The lowest BCUT2D eigenvalue weighted by atomic mass is 10.1. The van der Waals surface area contributed by atoms with Crippen LogP contribution in [0, 0.1) is 0 Å². The lowest BCUT2D eigenvalue weighted by Crippen LogP contribution is -2.26. The quantitative estimate of drug-likeness (QED) is 0.684. The number of phenolic OH excluding ortho intramolecular Hbond substituents is 2. The number of oxazole rings is 1. The summed E-state index contributed by atoms with van der Waals surface area (Å²) >= 11 is 0. The molecular formula is C18H16N2O4. The van der Waals surface area contributed by atoms with Crippen LogP contribution in [0.3, 0.4) is 0 Å². The van der Waals surface area contributed by atoms with Crippen LogP contribution in [0.1, 0.15) is 29.0 Å². The van der Waals surface area contributed by atoms with Crippen LogP contribution < -0.4 is 5.32 Å². The highest BCUT2D eigenvalue weighted by molar-refractivity contribution is 5.92. The van der Waals surface area contributed by atoms with Crippen molar-refractivity contribution in [2.75, 3.05) is 0 Å². The average molecular weight is 324 g/mol. The van der Waals surface area contributed by atoms with E-state index in [9.17, 15) is 15.0 Å². The molecule has 1 aromatic heterocycles. The van der Waals surface area contributed by atoms with Gasteiger partial charge in [-0.2, -0.15) is 0 Å². The Labute approximate surface area is 138 Å². The summed E-state index contributed by atoms with van der Waals surface area (Å²) in [6, 6.07) is 12.8. The molecule has 6 nitrogen and oxygen atoms in total. The molecule has 3 N–H and O–H groups in total. The summed E-state index contributed by atoms with van der Waals surface area (Å²) in [6.07, 6.45) is 1.27. The highest BCUT2D eigenvalue weighted by atomic mass is 16.3. The summed E-state index contributed by atoms with van der Waals surface area (Å²) in [5.74, 6) is 0.0949. The molecule has 3 rings (SSSR count). The molecule has 0 unspecified atom stereocenters. The van der Waals surface area contributed by atoms with Crippen LogP contribution in [0.25, 0.3) is 11.5 Å². The Morgan fingerprint density at radius 2 is 1.83 bits per heavy atom. The highest BCUT2D eigenvalue weighted by Crippen LogP contribution is 2.23. The Morgan fingerprint density at radius 1 is 1.12 bits per heavy atom. The molecule has 0 aliphatic heterocycles. The Hall–Kier alpha value is -3.28. The fourth-order valence-corrected chi connectivity index (χ4v) is 2.30. The van der Waals surface area contributed by atoms with Crippen molar-refractivity contribution >= 4 is 5.91 Å². The van der Waals surface area contributed by atoms with Gasteiger partial charge in [0.2, 0.25) is 5.89 Å². The summed E-state index contributed by atoms with van der Waals surface area (Å²) in [5.41, 5.74) is 1.50. The van der Waals surface area contributed by atoms with Gasteiger partial charge >= 0.3 is 0 Å². The van der Waals surface area contributed by atoms with Crippen LogP contribution in [-0.4, -0.2) is 21.1 Å². The van der Waals surface area contributed by atoms with E-state index in [-0.39, 0.29) is 35.0 Å². The van der Waals surface area contributed by atoms with Crippen LogP contribution in [0.2, 0.25) is 0 Å². The number of phenols is 2. The highest BCUT2D eigenvalue weighted by Gasteiger charge is 2.16. The van der Waals surface area contributed by atoms with Crippen LogP contribution in [0.4, 0.5) is 0 Å². The monoisotopic (exact) mass is 324 g/mol. The second-order valence-corrected chi connectivity index (χ2v) is 5.38. The first-order valence-electron chi connectivity index (χ1n) is 7.37. The molecule has 0 radical (unpaired) electrons. The van der Waals surface area contributed by atoms with Crippen molar-refractivity contribution in [2.45, 2.75) is 13.0 Å². The second-order valence-electron chi connectivity index (χ2n) is 5.38. The van der Waals surface area contributed by atoms with E-state index < -0.39 is 0 Å². The van der Waals surface area contributed by atoms with E-state index in [0.29, 0.717) is 5.56 Å². The Kier molecular flexibility index (Phi) is 4.20. The maximum atomic E-state index is 12.3. The first kappa shape index (κ1) is 15.6. The zero-order valence-electron chi connectivity index (χ0n) is 12.9. The molecule has 2 aromatic carbocycles. The Balaban J connectivity index is 1.74. The third kappa shape index (κ3) is 3.38. The largest absolute Gasteiger partial charge is 0.508 e. The number of carbonyl (C=O) groups excluding carboxylic acids is 1. The first-order chi connectivity index (χ1) is 11.5. The number of aromatic hydroxyl groups is 2. The van der Waals surface area contributed by atoms with Crippen LogP contribution in [0.5, 0.6) is 11.5 Å². The SMILES string of the molecule is C[C@H](NC(=O)c1coc(-c2cccc(O)c2)n1)c1cccc(O)c1. The Morgan fingerprint density at radius 3 is 2.54 bits per heavy atom. The van der Waals surface area contributed by atoms with Crippen molar-refractivity contribution in [3.63, 3.8) is 0 Å². The minimum atomic E-state index is -0.388. The normalized spacial score (nSPS) is 11.9. The summed E-state index contributed by atoms with van der Waals surface area (Å²) < 4.78 is 5.31. The smallest absolute Gasteiger partial charge is 0.273 e. The summed E-state index contributed by atoms with van der Waals surface area (Å²) in [4.78, 5) is 16.4. The number of nitrogens with zero attached hydrogens (tertiary/aromatic N) is 1. The van der Waals surface area contributed by atoms with Crippen LogP contribution in [-0.2, 0) is 0 Å². The number of hydrogen-bond donors (Lipinski definition) is 3. The first-order valence-corrected chi connectivity index (χ1v) is 7.37. The predicted molar refractivity (Wildman–Crippen MR) is 87.6 cm³/mol. The average Bonchev–Trinajstić information content (AvgIpc) is 3.05. The number of carbonyl (C=O) groups is 1. The maximum absolute atomic E-state index is 12.3. The maximum Gasteiger partial charge on any atom is 0.273 e. The number of benzene rings is 2. The fourth-order valence-electron chi connectivity index (χ4n) is 2.30. The number of aromatic nitrogens is 1. The number of rotatable bonds is 4. The van der Waals surface area contributed by atoms with E-state index in [1.165, 1.54) is 18.4 Å². The molecule has 0 saturated heterocycles. The van der Waals surface area contributed by atoms with Gasteiger partial charge in [-0.25, -0.2) is 4.98 Å². The molecule has 1 atom stereocenters. The number of amides is 1. The Bertz CT molecular complexity index is 873. The van der Waals surface area contributed by atoms with E-state index >= 15 is 0 Å². The molecular weight excluding hydrogens is 308 g/mol. The molecule has 0 aliphatic rings. The van der Waals surface area contributed by atoms with Crippen molar-refractivity contribution in [1.29, 1.82) is 0 Å². The van der Waals surface area contributed by atoms with Gasteiger partial charge in [0, 0.05) is 5.56 Å². The predicted octanol–water partition coefficient (Wildman–Crippen LogP) is 3.24. The van der Waals surface area contributed by atoms with E-state index in [1.54, 1.807) is 30.3 Å². The van der Waals surface area contributed by atoms with Gasteiger partial charge in [-0.3, -0.25) is 4.79 Å². The van der Waals surface area contributed by atoms with E-state index in [0.717, 1.165) is 5.56 Å². The zero-order valence-corrected chi connectivity index (χ0v) is 12.9. The van der Waals surface area contributed by atoms with Gasteiger partial charge < -0.3 is 19.9 Å². The number of nitrogens with one attached hydrogen (secondary N) is 1. The van der Waals surface area contributed by atoms with E-state index in [4.69, 9.17) is 4.42 Å². The van der Waals surface area contributed by atoms with Gasteiger partial charge in [0.15, 0.2) is 5.69 Å². The molecule has 1 heterocycles. The minimum Gasteiger partial charge on any atom is -0.508 e. The third-order valence-electron chi connectivity index (χ3n) is 3.55. The number of hydrogen-bond acceptors (Lipinski definition) is 5. The molecule has 0 aliphatic carbocycles. The van der Waals surface area contributed by atoms with Crippen LogP contribution >= 0.6 is 0 Å². The molecule has 24 heavy (non-hydrogen) atoms. The molecule has 122 valence electrons. The molecule has 3 aromatic rings. The lowest BCUT2D eigenvalue weighted by molar-refractivity contribution is 0.0934. The molecule has 0 fully saturated rings. The standard InChI is InChI=1S/C18H16N2O4/c1-11(12-4-2-6-14(21)8-12)19-17(23)16-10-24-18(20-16)13-5-3-7-15(22)9-13/h2-11,21-22H,1H3,(H,19,23)/t11-/m0/s1.